The molecule has 1 aromatic carbocycles. The molecule has 0 bridgehead atoms. The van der Waals surface area contributed by atoms with Gasteiger partial charge in [-0.3, -0.25) is 9.78 Å². The molecule has 2 aromatic heterocycles. The van der Waals surface area contributed by atoms with Crippen molar-refractivity contribution < 1.29 is 18.0 Å². The monoisotopic (exact) mass is 319 g/mol. The topological polar surface area (TPSA) is 57.8 Å². The van der Waals surface area contributed by atoms with Gasteiger partial charge in [0.15, 0.2) is 0 Å². The summed E-state index contributed by atoms with van der Waals surface area (Å²) in [4.78, 5) is 18.6. The molecule has 0 aliphatic heterocycles. The van der Waals surface area contributed by atoms with E-state index in [9.17, 15) is 18.0 Å². The fourth-order valence-electron chi connectivity index (χ4n) is 2.29. The minimum Gasteiger partial charge on any atom is -0.359 e. The molecule has 3 aromatic rings. The maximum atomic E-state index is 12.5. The molecule has 0 atom stereocenters. The second-order valence-corrected chi connectivity index (χ2v) is 5.10. The first kappa shape index (κ1) is 15.1. The number of benzene rings is 1. The smallest absolute Gasteiger partial charge is 0.359 e. The van der Waals surface area contributed by atoms with E-state index < -0.39 is 17.8 Å². The third kappa shape index (κ3) is 3.03. The molecule has 0 fully saturated rings. The summed E-state index contributed by atoms with van der Waals surface area (Å²) in [6.45, 7) is 1.89. The normalized spacial score (nSPS) is 11.7. The van der Waals surface area contributed by atoms with Gasteiger partial charge in [0, 0.05) is 22.8 Å². The lowest BCUT2D eigenvalue weighted by atomic mass is 10.2. The van der Waals surface area contributed by atoms with Crippen molar-refractivity contribution in [3.63, 3.8) is 0 Å². The summed E-state index contributed by atoms with van der Waals surface area (Å²) in [6.07, 6.45) is -3.61. The van der Waals surface area contributed by atoms with Crippen LogP contribution in [0.4, 0.5) is 18.9 Å². The molecule has 0 spiro atoms. The molecule has 7 heteroatoms. The van der Waals surface area contributed by atoms with Crippen molar-refractivity contribution >= 4 is 22.5 Å². The Balaban J connectivity index is 1.86. The van der Waals surface area contributed by atoms with Crippen LogP contribution in [0.5, 0.6) is 0 Å². The van der Waals surface area contributed by atoms with Crippen molar-refractivity contribution in [2.75, 3.05) is 5.32 Å². The summed E-state index contributed by atoms with van der Waals surface area (Å²) in [7, 11) is 0. The number of pyridine rings is 1. The molecule has 2 heterocycles. The van der Waals surface area contributed by atoms with Gasteiger partial charge in [0.05, 0.1) is 11.3 Å². The Morgan fingerprint density at radius 1 is 1.22 bits per heavy atom. The molecular weight excluding hydrogens is 307 g/mol. The number of alkyl halides is 3. The Morgan fingerprint density at radius 3 is 2.65 bits per heavy atom. The zero-order valence-corrected chi connectivity index (χ0v) is 12.0. The number of H-pyrrole nitrogens is 1. The molecule has 0 aliphatic carbocycles. The van der Waals surface area contributed by atoms with Crippen LogP contribution in [0, 0.1) is 6.92 Å². The Hall–Kier alpha value is -2.83. The van der Waals surface area contributed by atoms with Gasteiger partial charge in [0.25, 0.3) is 5.91 Å². The number of aromatic nitrogens is 2. The SMILES string of the molecule is Cc1cc2c(NC(=O)c3ccc(C(F)(F)F)nc3)cccc2[nH]1. The summed E-state index contributed by atoms with van der Waals surface area (Å²) in [5.41, 5.74) is 1.42. The van der Waals surface area contributed by atoms with Crippen molar-refractivity contribution in [2.24, 2.45) is 0 Å². The zero-order chi connectivity index (χ0) is 16.6. The Bertz CT molecular complexity index is 866. The van der Waals surface area contributed by atoms with Crippen LogP contribution in [-0.2, 0) is 6.18 Å². The number of nitrogens with one attached hydrogen (secondary N) is 2. The number of carbonyl (C=O) groups excluding carboxylic acids is 1. The Kier molecular flexibility index (Phi) is 3.55. The molecule has 23 heavy (non-hydrogen) atoms. The summed E-state index contributed by atoms with van der Waals surface area (Å²) in [5.74, 6) is -0.516. The predicted octanol–water partition coefficient (Wildman–Crippen LogP) is 4.14. The number of hydrogen-bond donors (Lipinski definition) is 2. The molecule has 0 saturated heterocycles. The van der Waals surface area contributed by atoms with Crippen LogP contribution in [0.3, 0.4) is 0 Å². The van der Waals surface area contributed by atoms with Gasteiger partial charge in [-0.2, -0.15) is 13.2 Å². The van der Waals surface area contributed by atoms with Crippen LogP contribution in [0.25, 0.3) is 10.9 Å². The number of aryl methyl sites for hydroxylation is 1. The lowest BCUT2D eigenvalue weighted by Crippen LogP contribution is -2.14. The van der Waals surface area contributed by atoms with Crippen LogP contribution >= 0.6 is 0 Å². The number of halogens is 3. The van der Waals surface area contributed by atoms with E-state index in [1.807, 2.05) is 19.1 Å². The Labute approximate surface area is 129 Å². The Morgan fingerprint density at radius 2 is 2.00 bits per heavy atom. The first-order valence-electron chi connectivity index (χ1n) is 6.77. The highest BCUT2D eigenvalue weighted by atomic mass is 19.4. The molecule has 3 rings (SSSR count). The second kappa shape index (κ2) is 5.42. The van der Waals surface area contributed by atoms with Crippen LogP contribution in [0.2, 0.25) is 0 Å². The lowest BCUT2D eigenvalue weighted by molar-refractivity contribution is -0.141. The van der Waals surface area contributed by atoms with E-state index in [4.69, 9.17) is 0 Å². The molecule has 4 nitrogen and oxygen atoms in total. The molecule has 0 aliphatic rings. The highest BCUT2D eigenvalue weighted by Gasteiger charge is 2.32. The minimum atomic E-state index is -4.52. The van der Waals surface area contributed by atoms with E-state index in [1.165, 1.54) is 0 Å². The average molecular weight is 319 g/mol. The van der Waals surface area contributed by atoms with Gasteiger partial charge in [0.2, 0.25) is 0 Å². The molecule has 0 unspecified atom stereocenters. The van der Waals surface area contributed by atoms with E-state index in [0.717, 1.165) is 34.9 Å². The van der Waals surface area contributed by atoms with E-state index in [2.05, 4.69) is 15.3 Å². The fraction of sp³-hybridized carbons (Fsp3) is 0.125. The molecule has 2 N–H and O–H groups in total. The van der Waals surface area contributed by atoms with E-state index in [-0.39, 0.29) is 5.56 Å². The van der Waals surface area contributed by atoms with Crippen LogP contribution in [-0.4, -0.2) is 15.9 Å². The molecule has 0 saturated carbocycles. The highest BCUT2D eigenvalue weighted by molar-refractivity contribution is 6.08. The summed E-state index contributed by atoms with van der Waals surface area (Å²) in [6, 6.07) is 9.15. The molecule has 118 valence electrons. The zero-order valence-electron chi connectivity index (χ0n) is 12.0. The lowest BCUT2D eigenvalue weighted by Gasteiger charge is -2.08. The van der Waals surface area contributed by atoms with Crippen LogP contribution < -0.4 is 5.32 Å². The number of amides is 1. The predicted molar refractivity (Wildman–Crippen MR) is 80.2 cm³/mol. The van der Waals surface area contributed by atoms with Gasteiger partial charge >= 0.3 is 6.18 Å². The quantitative estimate of drug-likeness (QED) is 0.746. The maximum Gasteiger partial charge on any atom is 0.433 e. The van der Waals surface area contributed by atoms with Crippen molar-refractivity contribution in [3.8, 4) is 0 Å². The number of rotatable bonds is 2. The summed E-state index contributed by atoms with van der Waals surface area (Å²) >= 11 is 0. The van der Waals surface area contributed by atoms with Gasteiger partial charge in [-0.1, -0.05) is 6.07 Å². The molecule has 0 radical (unpaired) electrons. The second-order valence-electron chi connectivity index (χ2n) is 5.10. The highest BCUT2D eigenvalue weighted by Crippen LogP contribution is 2.28. The van der Waals surface area contributed by atoms with Gasteiger partial charge in [-0.05, 0) is 37.3 Å². The van der Waals surface area contributed by atoms with Gasteiger partial charge < -0.3 is 10.3 Å². The number of nitrogens with zero attached hydrogens (tertiary/aromatic N) is 1. The van der Waals surface area contributed by atoms with E-state index in [1.54, 1.807) is 12.1 Å². The van der Waals surface area contributed by atoms with Crippen molar-refractivity contribution in [1.82, 2.24) is 9.97 Å². The maximum absolute atomic E-state index is 12.5. The third-order valence-electron chi connectivity index (χ3n) is 3.36. The number of aromatic amines is 1. The largest absolute Gasteiger partial charge is 0.433 e. The van der Waals surface area contributed by atoms with Crippen molar-refractivity contribution in [2.45, 2.75) is 13.1 Å². The van der Waals surface area contributed by atoms with Gasteiger partial charge in [-0.25, -0.2) is 0 Å². The third-order valence-corrected chi connectivity index (χ3v) is 3.36. The van der Waals surface area contributed by atoms with E-state index in [0.29, 0.717) is 5.69 Å². The average Bonchev–Trinajstić information content (AvgIpc) is 2.88. The number of fused-ring (bicyclic) bond motifs is 1. The van der Waals surface area contributed by atoms with E-state index >= 15 is 0 Å². The first-order valence-corrected chi connectivity index (χ1v) is 6.77. The van der Waals surface area contributed by atoms with Crippen molar-refractivity contribution in [1.29, 1.82) is 0 Å². The molecule has 1 amide bonds. The minimum absolute atomic E-state index is 0.0576. The van der Waals surface area contributed by atoms with Crippen LogP contribution in [0.15, 0.2) is 42.6 Å². The summed E-state index contributed by atoms with van der Waals surface area (Å²) < 4.78 is 37.4. The first-order chi connectivity index (χ1) is 10.8. The molecular formula is C16H12F3N3O. The number of hydrogen-bond acceptors (Lipinski definition) is 2. The fourth-order valence-corrected chi connectivity index (χ4v) is 2.29. The van der Waals surface area contributed by atoms with Gasteiger partial charge in [0.1, 0.15) is 5.69 Å². The standard InChI is InChI=1S/C16H12F3N3O/c1-9-7-11-12(21-9)3-2-4-13(11)22-15(23)10-5-6-14(20-8-10)16(17,18)19/h2-8,21H,1H3,(H,22,23). The van der Waals surface area contributed by atoms with Crippen molar-refractivity contribution in [3.05, 3.63) is 59.5 Å². The number of carbonyl (C=O) groups is 1. The van der Waals surface area contributed by atoms with Gasteiger partial charge in [-0.15, -0.1) is 0 Å². The number of anilines is 1. The summed E-state index contributed by atoms with van der Waals surface area (Å²) in [5, 5.41) is 3.52. The van der Waals surface area contributed by atoms with Crippen LogP contribution in [0.1, 0.15) is 21.7 Å².